The van der Waals surface area contributed by atoms with E-state index in [9.17, 15) is 28.2 Å². The zero-order valence-electron chi connectivity index (χ0n) is 17.1. The number of rotatable bonds is 10. The summed E-state index contributed by atoms with van der Waals surface area (Å²) >= 11 is 0. The van der Waals surface area contributed by atoms with Gasteiger partial charge >= 0.3 is 6.18 Å². The maximum absolute atomic E-state index is 13.6. The fourth-order valence-electron chi connectivity index (χ4n) is 3.62. The standard InChI is InChI=1S/C22H25F3N2O4/c1-2-20(30)14(12-28)4-3-5-18(29)9-17-11-27-10-16(15-6-7-31-13-15)8-19(21(27)26-17)22(23,24)25/h6-8,10-11,13-14,20,28,30H,2-5,9,12H2,1H3. The monoisotopic (exact) mass is 438 g/mol. The van der Waals surface area contributed by atoms with Crippen molar-refractivity contribution in [3.63, 3.8) is 0 Å². The first-order valence-electron chi connectivity index (χ1n) is 10.1. The highest BCUT2D eigenvalue weighted by molar-refractivity contribution is 5.80. The van der Waals surface area contributed by atoms with E-state index in [0.717, 1.165) is 6.07 Å². The largest absolute Gasteiger partial charge is 0.472 e. The van der Waals surface area contributed by atoms with Gasteiger partial charge in [0.1, 0.15) is 11.4 Å². The maximum atomic E-state index is 13.6. The normalized spacial score (nSPS) is 14.1. The van der Waals surface area contributed by atoms with Crippen molar-refractivity contribution >= 4 is 11.4 Å². The third kappa shape index (κ3) is 5.54. The van der Waals surface area contributed by atoms with Crippen molar-refractivity contribution in [2.45, 2.75) is 51.3 Å². The van der Waals surface area contributed by atoms with Crippen molar-refractivity contribution < 1.29 is 32.6 Å². The van der Waals surface area contributed by atoms with E-state index in [4.69, 9.17) is 4.42 Å². The fraction of sp³-hybridized carbons (Fsp3) is 0.455. The lowest BCUT2D eigenvalue weighted by molar-refractivity contribution is -0.136. The second kappa shape index (κ2) is 9.65. The van der Waals surface area contributed by atoms with Gasteiger partial charge in [0.05, 0.1) is 36.3 Å². The van der Waals surface area contributed by atoms with E-state index in [1.54, 1.807) is 6.07 Å². The molecule has 0 saturated heterocycles. The molecule has 3 aromatic rings. The first-order chi connectivity index (χ1) is 14.7. The SMILES string of the molecule is CCC(O)C(CO)CCCC(=O)Cc1cn2cc(-c3ccoc3)cc(C(F)(F)F)c2n1. The van der Waals surface area contributed by atoms with Gasteiger partial charge in [-0.05, 0) is 31.4 Å². The van der Waals surface area contributed by atoms with Gasteiger partial charge < -0.3 is 19.0 Å². The fourth-order valence-corrected chi connectivity index (χ4v) is 3.62. The van der Waals surface area contributed by atoms with Gasteiger partial charge in [-0.2, -0.15) is 13.2 Å². The number of carbonyl (C=O) groups is 1. The average molecular weight is 438 g/mol. The molecular formula is C22H25F3N2O4. The molecule has 3 aromatic heterocycles. The van der Waals surface area contributed by atoms with E-state index in [2.05, 4.69) is 4.98 Å². The number of alkyl halides is 3. The van der Waals surface area contributed by atoms with Crippen molar-refractivity contribution in [1.29, 1.82) is 0 Å². The lowest BCUT2D eigenvalue weighted by atomic mass is 9.94. The van der Waals surface area contributed by atoms with Gasteiger partial charge in [0.15, 0.2) is 0 Å². The number of pyridine rings is 1. The van der Waals surface area contributed by atoms with Gasteiger partial charge in [0.25, 0.3) is 0 Å². The Hall–Kier alpha value is -2.65. The van der Waals surface area contributed by atoms with Crippen LogP contribution in [0.2, 0.25) is 0 Å². The molecule has 3 rings (SSSR count). The number of carbonyl (C=O) groups excluding carboxylic acids is 1. The molecule has 0 radical (unpaired) electrons. The maximum Gasteiger partial charge on any atom is 0.420 e. The van der Waals surface area contributed by atoms with E-state index in [0.29, 0.717) is 30.4 Å². The molecule has 0 spiro atoms. The minimum Gasteiger partial charge on any atom is -0.472 e. The molecule has 2 unspecified atom stereocenters. The van der Waals surface area contributed by atoms with E-state index < -0.39 is 17.8 Å². The van der Waals surface area contributed by atoms with Crippen molar-refractivity contribution in [2.24, 2.45) is 5.92 Å². The third-order valence-corrected chi connectivity index (χ3v) is 5.37. The van der Waals surface area contributed by atoms with Crippen molar-refractivity contribution in [3.05, 3.63) is 48.3 Å². The Morgan fingerprint density at radius 2 is 2.06 bits per heavy atom. The number of aromatic nitrogens is 2. The molecule has 0 bridgehead atoms. The molecule has 168 valence electrons. The van der Waals surface area contributed by atoms with Crippen LogP contribution in [0.15, 0.2) is 41.5 Å². The summed E-state index contributed by atoms with van der Waals surface area (Å²) in [5, 5.41) is 19.2. The molecule has 2 atom stereocenters. The quantitative estimate of drug-likeness (QED) is 0.494. The highest BCUT2D eigenvalue weighted by Gasteiger charge is 2.35. The number of hydrogen-bond acceptors (Lipinski definition) is 5. The zero-order valence-corrected chi connectivity index (χ0v) is 17.1. The zero-order chi connectivity index (χ0) is 22.6. The van der Waals surface area contributed by atoms with Crippen LogP contribution in [0, 0.1) is 5.92 Å². The van der Waals surface area contributed by atoms with E-state index in [1.807, 2.05) is 6.92 Å². The van der Waals surface area contributed by atoms with E-state index in [-0.39, 0.29) is 42.5 Å². The van der Waals surface area contributed by atoms with Gasteiger partial charge in [0, 0.05) is 42.5 Å². The van der Waals surface area contributed by atoms with Crippen LogP contribution in [-0.4, -0.2) is 38.1 Å². The molecule has 0 aliphatic heterocycles. The molecular weight excluding hydrogens is 413 g/mol. The molecule has 0 amide bonds. The summed E-state index contributed by atoms with van der Waals surface area (Å²) in [6.45, 7) is 1.66. The highest BCUT2D eigenvalue weighted by atomic mass is 19.4. The van der Waals surface area contributed by atoms with Gasteiger partial charge in [-0.15, -0.1) is 0 Å². The van der Waals surface area contributed by atoms with Crippen LogP contribution in [0.3, 0.4) is 0 Å². The first kappa shape index (κ1) is 23.0. The summed E-state index contributed by atoms with van der Waals surface area (Å²) < 4.78 is 47.0. The smallest absolute Gasteiger partial charge is 0.420 e. The molecule has 6 nitrogen and oxygen atoms in total. The summed E-state index contributed by atoms with van der Waals surface area (Å²) in [5.41, 5.74) is -0.0508. The Morgan fingerprint density at radius 1 is 1.29 bits per heavy atom. The Bertz CT molecular complexity index is 1010. The number of aliphatic hydroxyl groups excluding tert-OH is 2. The van der Waals surface area contributed by atoms with Gasteiger partial charge in [0.2, 0.25) is 0 Å². The van der Waals surface area contributed by atoms with Gasteiger partial charge in [-0.1, -0.05) is 6.92 Å². The number of halogens is 3. The minimum absolute atomic E-state index is 0.0832. The second-order valence-corrected chi connectivity index (χ2v) is 7.64. The molecule has 0 aliphatic rings. The Morgan fingerprint density at radius 3 is 2.68 bits per heavy atom. The number of imidazole rings is 1. The molecule has 2 N–H and O–H groups in total. The van der Waals surface area contributed by atoms with Crippen LogP contribution in [0.1, 0.15) is 43.9 Å². The number of furan rings is 1. The van der Waals surface area contributed by atoms with Gasteiger partial charge in [-0.25, -0.2) is 4.98 Å². The van der Waals surface area contributed by atoms with Crippen LogP contribution in [0.5, 0.6) is 0 Å². The molecule has 0 aliphatic carbocycles. The Kier molecular flexibility index (Phi) is 7.17. The molecule has 9 heteroatoms. The second-order valence-electron chi connectivity index (χ2n) is 7.64. The topological polar surface area (TPSA) is 88.0 Å². The molecule has 0 fully saturated rings. The number of aliphatic hydroxyl groups is 2. The minimum atomic E-state index is -4.60. The number of Topliss-reactive ketones (excluding diaryl/α,β-unsaturated/α-hetero) is 1. The summed E-state index contributed by atoms with van der Waals surface area (Å²) in [7, 11) is 0. The molecule has 0 aromatic carbocycles. The predicted molar refractivity (Wildman–Crippen MR) is 107 cm³/mol. The molecule has 31 heavy (non-hydrogen) atoms. The lowest BCUT2D eigenvalue weighted by Gasteiger charge is -2.19. The average Bonchev–Trinajstić information content (AvgIpc) is 3.38. The first-order valence-corrected chi connectivity index (χ1v) is 10.1. The van der Waals surface area contributed by atoms with Crippen LogP contribution >= 0.6 is 0 Å². The summed E-state index contributed by atoms with van der Waals surface area (Å²) in [4.78, 5) is 16.4. The predicted octanol–water partition coefficient (Wildman–Crippen LogP) is 4.27. The number of ketones is 1. The third-order valence-electron chi connectivity index (χ3n) is 5.37. The lowest BCUT2D eigenvalue weighted by Crippen LogP contribution is -2.23. The van der Waals surface area contributed by atoms with Crippen LogP contribution < -0.4 is 0 Å². The van der Waals surface area contributed by atoms with Crippen LogP contribution in [0.4, 0.5) is 13.2 Å². The number of fused-ring (bicyclic) bond motifs is 1. The molecule has 0 saturated carbocycles. The van der Waals surface area contributed by atoms with Gasteiger partial charge in [-0.3, -0.25) is 4.79 Å². The van der Waals surface area contributed by atoms with Crippen LogP contribution in [0.25, 0.3) is 16.8 Å². The Labute approximate surface area is 177 Å². The van der Waals surface area contributed by atoms with Crippen molar-refractivity contribution in [3.8, 4) is 11.1 Å². The Balaban J connectivity index is 1.75. The molecule has 3 heterocycles. The summed E-state index contributed by atoms with van der Waals surface area (Å²) in [6.07, 6.45) is 2.08. The van der Waals surface area contributed by atoms with Crippen molar-refractivity contribution in [1.82, 2.24) is 9.38 Å². The highest BCUT2D eigenvalue weighted by Crippen LogP contribution is 2.35. The number of hydrogen-bond donors (Lipinski definition) is 2. The van der Waals surface area contributed by atoms with E-state index in [1.165, 1.54) is 29.3 Å². The summed E-state index contributed by atoms with van der Waals surface area (Å²) in [6, 6.07) is 2.59. The van der Waals surface area contributed by atoms with Crippen LogP contribution in [-0.2, 0) is 17.4 Å². The van der Waals surface area contributed by atoms with E-state index >= 15 is 0 Å². The number of nitrogens with zero attached hydrogens (tertiary/aromatic N) is 2. The summed E-state index contributed by atoms with van der Waals surface area (Å²) in [5.74, 6) is -0.446. The van der Waals surface area contributed by atoms with Crippen molar-refractivity contribution in [2.75, 3.05) is 6.61 Å².